The van der Waals surface area contributed by atoms with E-state index in [1.54, 1.807) is 0 Å². The number of ketones is 2. The van der Waals surface area contributed by atoms with Gasteiger partial charge in [0.25, 0.3) is 0 Å². The molecule has 0 unspecified atom stereocenters. The summed E-state index contributed by atoms with van der Waals surface area (Å²) in [5, 5.41) is 0.0831. The predicted molar refractivity (Wildman–Crippen MR) is 77.3 cm³/mol. The van der Waals surface area contributed by atoms with Crippen LogP contribution in [0.2, 0.25) is 5.02 Å². The molecule has 1 aromatic carbocycles. The molecule has 0 aliphatic heterocycles. The Labute approximate surface area is 131 Å². The largest absolute Gasteiger partial charge is 0.494 e. The van der Waals surface area contributed by atoms with Crippen LogP contribution in [-0.4, -0.2) is 25.8 Å². The number of benzene rings is 1. The van der Waals surface area contributed by atoms with Crippen molar-refractivity contribution in [3.05, 3.63) is 36.9 Å². The summed E-state index contributed by atoms with van der Waals surface area (Å²) in [6.07, 6.45) is 0. The standard InChI is InChI=1S/C12H7Br2ClO4/c1-18-11-5(13)3-4-6(8(11)15)10(17)12(19-2)7(14)9(4)16/h3H,1-2H3. The third-order valence-corrected chi connectivity index (χ3v) is 4.33. The van der Waals surface area contributed by atoms with Crippen molar-refractivity contribution in [3.63, 3.8) is 0 Å². The number of hydrogen-bond acceptors (Lipinski definition) is 4. The van der Waals surface area contributed by atoms with Gasteiger partial charge in [0.05, 0.1) is 29.3 Å². The van der Waals surface area contributed by atoms with Gasteiger partial charge in [-0.1, -0.05) is 11.6 Å². The Kier molecular flexibility index (Phi) is 4.03. The molecule has 100 valence electrons. The molecular weight excluding hydrogens is 403 g/mol. The van der Waals surface area contributed by atoms with E-state index in [2.05, 4.69) is 31.9 Å². The lowest BCUT2D eigenvalue weighted by Gasteiger charge is -2.20. The van der Waals surface area contributed by atoms with Gasteiger partial charge in [0, 0.05) is 5.56 Å². The van der Waals surface area contributed by atoms with Gasteiger partial charge >= 0.3 is 0 Å². The molecule has 0 fully saturated rings. The highest BCUT2D eigenvalue weighted by molar-refractivity contribution is 9.12. The number of methoxy groups -OCH3 is 2. The topological polar surface area (TPSA) is 52.6 Å². The molecule has 2 rings (SSSR count). The van der Waals surface area contributed by atoms with Crippen LogP contribution in [0, 0.1) is 0 Å². The second-order valence-electron chi connectivity index (χ2n) is 3.63. The van der Waals surface area contributed by atoms with E-state index >= 15 is 0 Å². The Hall–Kier alpha value is -0.850. The fourth-order valence-corrected chi connectivity index (χ4v) is 3.43. The first-order chi connectivity index (χ1) is 8.93. The molecule has 7 heteroatoms. The first-order valence-corrected chi connectivity index (χ1v) is 6.99. The molecule has 1 aromatic rings. The van der Waals surface area contributed by atoms with Crippen LogP contribution >= 0.6 is 43.5 Å². The number of Topliss-reactive ketones (excluding diaryl/α,β-unsaturated/α-hetero) is 2. The van der Waals surface area contributed by atoms with E-state index in [9.17, 15) is 9.59 Å². The van der Waals surface area contributed by atoms with Crippen molar-refractivity contribution in [2.24, 2.45) is 0 Å². The summed E-state index contributed by atoms with van der Waals surface area (Å²) in [7, 11) is 2.74. The minimum Gasteiger partial charge on any atom is -0.494 e. The number of carbonyl (C=O) groups is 2. The summed E-state index contributed by atoms with van der Waals surface area (Å²) in [4.78, 5) is 24.5. The van der Waals surface area contributed by atoms with Gasteiger partial charge in [-0.15, -0.1) is 0 Å². The van der Waals surface area contributed by atoms with Gasteiger partial charge in [-0.3, -0.25) is 9.59 Å². The number of carbonyl (C=O) groups excluding carboxylic acids is 2. The van der Waals surface area contributed by atoms with Crippen molar-refractivity contribution < 1.29 is 19.1 Å². The number of rotatable bonds is 2. The minimum absolute atomic E-state index is 0.0659. The minimum atomic E-state index is -0.459. The van der Waals surface area contributed by atoms with Crippen LogP contribution in [-0.2, 0) is 4.74 Å². The van der Waals surface area contributed by atoms with Gasteiger partial charge < -0.3 is 9.47 Å². The molecule has 4 nitrogen and oxygen atoms in total. The molecule has 0 saturated heterocycles. The zero-order valence-corrected chi connectivity index (χ0v) is 13.8. The van der Waals surface area contributed by atoms with Crippen LogP contribution in [0.15, 0.2) is 20.8 Å². The molecule has 19 heavy (non-hydrogen) atoms. The van der Waals surface area contributed by atoms with Gasteiger partial charge in [0.2, 0.25) is 11.6 Å². The molecular formula is C12H7Br2ClO4. The van der Waals surface area contributed by atoms with E-state index in [0.29, 0.717) is 10.2 Å². The summed E-state index contributed by atoms with van der Waals surface area (Å²) in [5.74, 6) is -0.588. The maximum Gasteiger partial charge on any atom is 0.231 e. The van der Waals surface area contributed by atoms with E-state index in [-0.39, 0.29) is 32.2 Å². The van der Waals surface area contributed by atoms with E-state index in [4.69, 9.17) is 21.1 Å². The zero-order valence-electron chi connectivity index (χ0n) is 9.84. The molecule has 1 aliphatic rings. The number of allylic oxidation sites excluding steroid dienone is 2. The van der Waals surface area contributed by atoms with E-state index in [0.717, 1.165) is 0 Å². The third kappa shape index (κ3) is 2.11. The van der Waals surface area contributed by atoms with E-state index in [1.807, 2.05) is 0 Å². The van der Waals surface area contributed by atoms with Crippen LogP contribution in [0.1, 0.15) is 20.7 Å². The zero-order chi connectivity index (χ0) is 14.3. The Bertz CT molecular complexity index is 637. The van der Waals surface area contributed by atoms with Gasteiger partial charge in [0.15, 0.2) is 11.5 Å². The Morgan fingerprint density at radius 2 is 1.74 bits per heavy atom. The molecule has 0 saturated carbocycles. The molecule has 0 N–H and O–H groups in total. The number of fused-ring (bicyclic) bond motifs is 1. The van der Waals surface area contributed by atoms with Crippen molar-refractivity contribution in [2.75, 3.05) is 14.2 Å². The quantitative estimate of drug-likeness (QED) is 0.745. The first-order valence-electron chi connectivity index (χ1n) is 5.03. The molecule has 0 bridgehead atoms. The smallest absolute Gasteiger partial charge is 0.231 e. The average molecular weight is 410 g/mol. The summed E-state index contributed by atoms with van der Waals surface area (Å²) < 4.78 is 10.6. The highest BCUT2D eigenvalue weighted by atomic mass is 79.9. The Morgan fingerprint density at radius 3 is 2.26 bits per heavy atom. The van der Waals surface area contributed by atoms with Crippen LogP contribution < -0.4 is 4.74 Å². The van der Waals surface area contributed by atoms with Crippen molar-refractivity contribution in [1.82, 2.24) is 0 Å². The third-order valence-electron chi connectivity index (χ3n) is 2.66. The summed E-state index contributed by atoms with van der Waals surface area (Å²) in [6, 6.07) is 1.51. The highest BCUT2D eigenvalue weighted by Crippen LogP contribution is 2.42. The van der Waals surface area contributed by atoms with Crippen molar-refractivity contribution in [1.29, 1.82) is 0 Å². The molecule has 0 radical (unpaired) electrons. The van der Waals surface area contributed by atoms with Crippen molar-refractivity contribution in [3.8, 4) is 5.75 Å². The van der Waals surface area contributed by atoms with Gasteiger partial charge in [0.1, 0.15) is 4.48 Å². The van der Waals surface area contributed by atoms with Crippen LogP contribution in [0.4, 0.5) is 0 Å². The average Bonchev–Trinajstić information content (AvgIpc) is 2.36. The van der Waals surface area contributed by atoms with Crippen LogP contribution in [0.25, 0.3) is 0 Å². The predicted octanol–water partition coefficient (Wildman–Crippen LogP) is 3.74. The summed E-state index contributed by atoms with van der Waals surface area (Å²) in [5.41, 5.74) is 0.294. The Morgan fingerprint density at radius 1 is 1.11 bits per heavy atom. The van der Waals surface area contributed by atoms with E-state index in [1.165, 1.54) is 20.3 Å². The SMILES string of the molecule is COC1=C(Br)C(=O)c2cc(Br)c(OC)c(Cl)c2C1=O. The maximum absolute atomic E-state index is 12.3. The van der Waals surface area contributed by atoms with Crippen molar-refractivity contribution >= 4 is 55.0 Å². The lowest BCUT2D eigenvalue weighted by Crippen LogP contribution is -2.21. The Balaban J connectivity index is 2.81. The first kappa shape index (κ1) is 14.6. The molecule has 0 spiro atoms. The van der Waals surface area contributed by atoms with Crippen LogP contribution in [0.3, 0.4) is 0 Å². The summed E-state index contributed by atoms with van der Waals surface area (Å²) >= 11 is 12.5. The number of hydrogen-bond donors (Lipinski definition) is 0. The highest BCUT2D eigenvalue weighted by Gasteiger charge is 2.35. The lowest BCUT2D eigenvalue weighted by molar-refractivity contribution is 0.0914. The normalized spacial score (nSPS) is 14.6. The molecule has 0 atom stereocenters. The van der Waals surface area contributed by atoms with E-state index < -0.39 is 5.78 Å². The molecule has 1 aliphatic carbocycles. The molecule has 0 heterocycles. The monoisotopic (exact) mass is 408 g/mol. The molecule has 0 aromatic heterocycles. The molecule has 0 amide bonds. The second-order valence-corrected chi connectivity index (χ2v) is 5.66. The fourth-order valence-electron chi connectivity index (χ4n) is 1.81. The lowest BCUT2D eigenvalue weighted by atomic mass is 9.93. The summed E-state index contributed by atoms with van der Waals surface area (Å²) in [6.45, 7) is 0. The fraction of sp³-hybridized carbons (Fsp3) is 0.167. The number of halogens is 3. The van der Waals surface area contributed by atoms with Gasteiger partial charge in [-0.25, -0.2) is 0 Å². The van der Waals surface area contributed by atoms with Crippen molar-refractivity contribution in [2.45, 2.75) is 0 Å². The number of ether oxygens (including phenoxy) is 2. The maximum atomic E-state index is 12.3. The second kappa shape index (κ2) is 5.26. The van der Waals surface area contributed by atoms with Crippen LogP contribution in [0.5, 0.6) is 5.75 Å². The van der Waals surface area contributed by atoms with Gasteiger partial charge in [-0.2, -0.15) is 0 Å². The van der Waals surface area contributed by atoms with Gasteiger partial charge in [-0.05, 0) is 37.9 Å².